The van der Waals surface area contributed by atoms with Crippen LogP contribution in [0.25, 0.3) is 0 Å². The van der Waals surface area contributed by atoms with Crippen LogP contribution in [0.15, 0.2) is 18.2 Å². The van der Waals surface area contributed by atoms with Crippen LogP contribution < -0.4 is 4.74 Å². The van der Waals surface area contributed by atoms with Gasteiger partial charge < -0.3 is 9.64 Å². The maximum absolute atomic E-state index is 9.03. The molecule has 1 saturated heterocycles. The van der Waals surface area contributed by atoms with E-state index in [2.05, 4.69) is 17.9 Å². The van der Waals surface area contributed by atoms with E-state index in [1.54, 1.807) is 0 Å². The summed E-state index contributed by atoms with van der Waals surface area (Å²) in [5.74, 6) is 1.73. The molecule has 108 valence electrons. The predicted molar refractivity (Wildman–Crippen MR) is 80.9 cm³/mol. The SMILES string of the molecule is CCOc1ccc(C#N)cc1CCN1CCC[C@H](C)C1. The Labute approximate surface area is 122 Å². The lowest BCUT2D eigenvalue weighted by Crippen LogP contribution is -2.35. The van der Waals surface area contributed by atoms with Crippen molar-refractivity contribution in [2.24, 2.45) is 5.92 Å². The summed E-state index contributed by atoms with van der Waals surface area (Å²) in [7, 11) is 0. The van der Waals surface area contributed by atoms with Crippen LogP contribution in [0.3, 0.4) is 0 Å². The number of hydrogen-bond acceptors (Lipinski definition) is 3. The Morgan fingerprint density at radius 2 is 2.30 bits per heavy atom. The molecule has 0 unspecified atom stereocenters. The summed E-state index contributed by atoms with van der Waals surface area (Å²) in [5.41, 5.74) is 1.87. The van der Waals surface area contributed by atoms with Crippen LogP contribution in [0.2, 0.25) is 0 Å². The van der Waals surface area contributed by atoms with Gasteiger partial charge in [0.15, 0.2) is 0 Å². The molecule has 0 aromatic heterocycles. The molecule has 1 aliphatic rings. The van der Waals surface area contributed by atoms with E-state index in [1.165, 1.54) is 25.9 Å². The monoisotopic (exact) mass is 272 g/mol. The molecule has 1 atom stereocenters. The van der Waals surface area contributed by atoms with Crippen molar-refractivity contribution in [2.75, 3.05) is 26.2 Å². The van der Waals surface area contributed by atoms with Crippen molar-refractivity contribution >= 4 is 0 Å². The molecular weight excluding hydrogens is 248 g/mol. The summed E-state index contributed by atoms with van der Waals surface area (Å²) < 4.78 is 5.67. The Morgan fingerprint density at radius 3 is 3.00 bits per heavy atom. The maximum Gasteiger partial charge on any atom is 0.122 e. The lowest BCUT2D eigenvalue weighted by atomic mass is 9.99. The highest BCUT2D eigenvalue weighted by Gasteiger charge is 2.16. The second-order valence-corrected chi connectivity index (χ2v) is 5.67. The molecule has 1 aromatic carbocycles. The van der Waals surface area contributed by atoms with Gasteiger partial charge in [0, 0.05) is 13.1 Å². The summed E-state index contributed by atoms with van der Waals surface area (Å²) in [6, 6.07) is 7.94. The number of benzene rings is 1. The van der Waals surface area contributed by atoms with E-state index in [0.29, 0.717) is 6.61 Å². The summed E-state index contributed by atoms with van der Waals surface area (Å²) in [6.45, 7) is 8.44. The first kappa shape index (κ1) is 14.9. The topological polar surface area (TPSA) is 36.3 Å². The van der Waals surface area contributed by atoms with Gasteiger partial charge in [-0.3, -0.25) is 0 Å². The van der Waals surface area contributed by atoms with E-state index < -0.39 is 0 Å². The lowest BCUT2D eigenvalue weighted by Gasteiger charge is -2.30. The highest BCUT2D eigenvalue weighted by Crippen LogP contribution is 2.22. The number of ether oxygens (including phenoxy) is 1. The molecule has 0 N–H and O–H groups in total. The van der Waals surface area contributed by atoms with Gasteiger partial charge in [-0.15, -0.1) is 0 Å². The van der Waals surface area contributed by atoms with Crippen LogP contribution in [-0.2, 0) is 6.42 Å². The van der Waals surface area contributed by atoms with Crippen LogP contribution in [0, 0.1) is 17.2 Å². The van der Waals surface area contributed by atoms with Crippen molar-refractivity contribution in [3.8, 4) is 11.8 Å². The van der Waals surface area contributed by atoms with Gasteiger partial charge in [-0.05, 0) is 62.4 Å². The van der Waals surface area contributed by atoms with Gasteiger partial charge in [-0.1, -0.05) is 6.92 Å². The third-order valence-corrected chi connectivity index (χ3v) is 3.93. The third-order valence-electron chi connectivity index (χ3n) is 3.93. The van der Waals surface area contributed by atoms with Crippen molar-refractivity contribution in [1.82, 2.24) is 4.90 Å². The Bertz CT molecular complexity index is 478. The molecular formula is C17H24N2O. The molecule has 1 aromatic rings. The van der Waals surface area contributed by atoms with Gasteiger partial charge in [-0.25, -0.2) is 0 Å². The Balaban J connectivity index is 2.01. The fraction of sp³-hybridized carbons (Fsp3) is 0.588. The quantitative estimate of drug-likeness (QED) is 0.825. The van der Waals surface area contributed by atoms with Gasteiger partial charge in [-0.2, -0.15) is 5.26 Å². The molecule has 20 heavy (non-hydrogen) atoms. The lowest BCUT2D eigenvalue weighted by molar-refractivity contribution is 0.185. The molecule has 3 heteroatoms. The van der Waals surface area contributed by atoms with Gasteiger partial charge in [0.05, 0.1) is 18.2 Å². The zero-order chi connectivity index (χ0) is 14.4. The minimum atomic E-state index is 0.666. The number of nitrogens with zero attached hydrogens (tertiary/aromatic N) is 2. The molecule has 0 spiro atoms. The fourth-order valence-electron chi connectivity index (χ4n) is 2.91. The van der Waals surface area contributed by atoms with Crippen molar-refractivity contribution in [3.05, 3.63) is 29.3 Å². The first-order valence-corrected chi connectivity index (χ1v) is 7.61. The second kappa shape index (κ2) is 7.31. The summed E-state index contributed by atoms with van der Waals surface area (Å²) in [6.07, 6.45) is 3.61. The second-order valence-electron chi connectivity index (χ2n) is 5.67. The Kier molecular flexibility index (Phi) is 5.43. The minimum absolute atomic E-state index is 0.666. The standard InChI is InChI=1S/C17H24N2O/c1-3-20-17-7-6-15(12-18)11-16(17)8-10-19-9-4-5-14(2)13-19/h6-7,11,14H,3-5,8-10,13H2,1-2H3/t14-/m0/s1. The average Bonchev–Trinajstić information content (AvgIpc) is 2.46. The van der Waals surface area contributed by atoms with Gasteiger partial charge >= 0.3 is 0 Å². The van der Waals surface area contributed by atoms with E-state index >= 15 is 0 Å². The molecule has 1 fully saturated rings. The predicted octanol–water partition coefficient (Wildman–Crippen LogP) is 3.23. The number of hydrogen-bond donors (Lipinski definition) is 0. The van der Waals surface area contributed by atoms with E-state index in [-0.39, 0.29) is 0 Å². The Morgan fingerprint density at radius 1 is 1.45 bits per heavy atom. The van der Waals surface area contributed by atoms with E-state index in [4.69, 9.17) is 10.00 Å². The van der Waals surface area contributed by atoms with E-state index in [1.807, 2.05) is 25.1 Å². The summed E-state index contributed by atoms with van der Waals surface area (Å²) in [4.78, 5) is 2.53. The number of likely N-dealkylation sites (tertiary alicyclic amines) is 1. The largest absolute Gasteiger partial charge is 0.494 e. The molecule has 0 aliphatic carbocycles. The maximum atomic E-state index is 9.03. The van der Waals surface area contributed by atoms with Crippen LogP contribution in [0.1, 0.15) is 37.8 Å². The van der Waals surface area contributed by atoms with Crippen molar-refractivity contribution in [2.45, 2.75) is 33.1 Å². The minimum Gasteiger partial charge on any atom is -0.494 e. The summed E-state index contributed by atoms with van der Waals surface area (Å²) >= 11 is 0. The van der Waals surface area contributed by atoms with Crippen molar-refractivity contribution in [3.63, 3.8) is 0 Å². The third kappa shape index (κ3) is 3.98. The first-order chi connectivity index (χ1) is 9.72. The molecule has 3 nitrogen and oxygen atoms in total. The highest BCUT2D eigenvalue weighted by molar-refractivity contribution is 5.42. The molecule has 0 radical (unpaired) electrons. The molecule has 1 heterocycles. The number of nitriles is 1. The number of rotatable bonds is 5. The smallest absolute Gasteiger partial charge is 0.122 e. The highest BCUT2D eigenvalue weighted by atomic mass is 16.5. The number of piperidine rings is 1. The normalized spacial score (nSPS) is 19.6. The van der Waals surface area contributed by atoms with Crippen molar-refractivity contribution < 1.29 is 4.74 Å². The van der Waals surface area contributed by atoms with Crippen LogP contribution in [-0.4, -0.2) is 31.1 Å². The zero-order valence-electron chi connectivity index (χ0n) is 12.6. The van der Waals surface area contributed by atoms with Gasteiger partial charge in [0.2, 0.25) is 0 Å². The fourth-order valence-corrected chi connectivity index (χ4v) is 2.91. The molecule has 0 amide bonds. The van der Waals surface area contributed by atoms with E-state index in [0.717, 1.165) is 35.8 Å². The molecule has 0 saturated carbocycles. The van der Waals surface area contributed by atoms with Crippen LogP contribution >= 0.6 is 0 Å². The van der Waals surface area contributed by atoms with Crippen molar-refractivity contribution in [1.29, 1.82) is 5.26 Å². The first-order valence-electron chi connectivity index (χ1n) is 7.61. The molecule has 0 bridgehead atoms. The Hall–Kier alpha value is -1.53. The zero-order valence-corrected chi connectivity index (χ0v) is 12.6. The van der Waals surface area contributed by atoms with E-state index in [9.17, 15) is 0 Å². The molecule has 1 aliphatic heterocycles. The van der Waals surface area contributed by atoms with Gasteiger partial charge in [0.1, 0.15) is 5.75 Å². The van der Waals surface area contributed by atoms with Crippen LogP contribution in [0.5, 0.6) is 5.75 Å². The average molecular weight is 272 g/mol. The summed E-state index contributed by atoms with van der Waals surface area (Å²) in [5, 5.41) is 9.03. The van der Waals surface area contributed by atoms with Gasteiger partial charge in [0.25, 0.3) is 0 Å². The molecule has 2 rings (SSSR count). The van der Waals surface area contributed by atoms with Crippen LogP contribution in [0.4, 0.5) is 0 Å².